The normalized spacial score (nSPS) is 17.5. The van der Waals surface area contributed by atoms with E-state index in [2.05, 4.69) is 4.72 Å². The van der Waals surface area contributed by atoms with Gasteiger partial charge >= 0.3 is 0 Å². The number of aryl methyl sites for hydroxylation is 1. The molecule has 0 aliphatic heterocycles. The molecule has 0 heterocycles. The summed E-state index contributed by atoms with van der Waals surface area (Å²) >= 11 is 0. The first-order chi connectivity index (χ1) is 10.6. The van der Waals surface area contributed by atoms with Gasteiger partial charge in [-0.05, 0) is 54.9 Å². The van der Waals surface area contributed by atoms with Gasteiger partial charge in [-0.2, -0.15) is 5.26 Å². The number of nitriles is 1. The molecule has 1 aliphatic rings. The lowest BCUT2D eigenvalue weighted by Gasteiger charge is -2.26. The highest BCUT2D eigenvalue weighted by Gasteiger charge is 2.22. The van der Waals surface area contributed by atoms with Crippen LogP contribution in [-0.2, 0) is 16.4 Å². The third kappa shape index (κ3) is 4.46. The van der Waals surface area contributed by atoms with Gasteiger partial charge in [-0.15, -0.1) is 0 Å². The molecule has 1 aromatic carbocycles. The van der Waals surface area contributed by atoms with Gasteiger partial charge in [0.1, 0.15) is 5.75 Å². The number of fused-ring (bicyclic) bond motifs is 1. The Hall–Kier alpha value is -1.58. The smallest absolute Gasteiger partial charge is 0.211 e. The van der Waals surface area contributed by atoms with Crippen LogP contribution in [0.5, 0.6) is 5.75 Å². The fourth-order valence-corrected chi connectivity index (χ4v) is 4.00. The van der Waals surface area contributed by atoms with Crippen LogP contribution in [0, 0.1) is 11.3 Å². The number of hydrogen-bond donors (Lipinski definition) is 1. The minimum absolute atomic E-state index is 0.0166. The van der Waals surface area contributed by atoms with Crippen molar-refractivity contribution in [3.63, 3.8) is 0 Å². The number of rotatable bonds is 7. The average Bonchev–Trinajstić information content (AvgIpc) is 2.52. The van der Waals surface area contributed by atoms with Gasteiger partial charge in [0.25, 0.3) is 0 Å². The van der Waals surface area contributed by atoms with Crippen molar-refractivity contribution in [2.24, 2.45) is 0 Å². The minimum Gasteiger partial charge on any atom is -0.497 e. The monoisotopic (exact) mass is 322 g/mol. The van der Waals surface area contributed by atoms with Crippen molar-refractivity contribution in [1.82, 2.24) is 4.72 Å². The number of benzene rings is 1. The van der Waals surface area contributed by atoms with Crippen LogP contribution in [-0.4, -0.2) is 27.8 Å². The van der Waals surface area contributed by atoms with Gasteiger partial charge in [0, 0.05) is 13.0 Å². The van der Waals surface area contributed by atoms with Crippen LogP contribution in [0.15, 0.2) is 18.2 Å². The van der Waals surface area contributed by atoms with Crippen LogP contribution < -0.4 is 9.46 Å². The summed E-state index contributed by atoms with van der Waals surface area (Å²) in [5.41, 5.74) is 2.46. The molecule has 1 N–H and O–H groups in total. The molecule has 0 radical (unpaired) electrons. The van der Waals surface area contributed by atoms with E-state index in [1.54, 1.807) is 7.11 Å². The van der Waals surface area contributed by atoms with Gasteiger partial charge in [-0.1, -0.05) is 6.07 Å². The van der Waals surface area contributed by atoms with Crippen LogP contribution in [0.3, 0.4) is 0 Å². The summed E-state index contributed by atoms with van der Waals surface area (Å²) in [7, 11) is -1.64. The lowest BCUT2D eigenvalue weighted by Crippen LogP contribution is -2.31. The molecule has 1 atom stereocenters. The highest BCUT2D eigenvalue weighted by Crippen LogP contribution is 2.33. The van der Waals surface area contributed by atoms with E-state index in [4.69, 9.17) is 10.00 Å². The van der Waals surface area contributed by atoms with Crippen LogP contribution in [0.1, 0.15) is 42.7 Å². The third-order valence-corrected chi connectivity index (χ3v) is 5.47. The molecule has 0 aromatic heterocycles. The molecule has 2 rings (SSSR count). The number of sulfonamides is 1. The largest absolute Gasteiger partial charge is 0.497 e. The SMILES string of the molecule is COc1ccc2c(c1)CCC[C@@H]2CNS(=O)(=O)CCCC#N. The summed E-state index contributed by atoms with van der Waals surface area (Å²) in [5, 5.41) is 8.47. The van der Waals surface area contributed by atoms with Crippen molar-refractivity contribution in [3.05, 3.63) is 29.3 Å². The van der Waals surface area contributed by atoms with Crippen molar-refractivity contribution in [3.8, 4) is 11.8 Å². The molecule has 0 amide bonds. The zero-order valence-electron chi connectivity index (χ0n) is 12.8. The molecule has 0 saturated heterocycles. The molecule has 0 unspecified atom stereocenters. The second-order valence-corrected chi connectivity index (χ2v) is 7.51. The van der Waals surface area contributed by atoms with Gasteiger partial charge in [-0.3, -0.25) is 0 Å². The highest BCUT2D eigenvalue weighted by molar-refractivity contribution is 7.89. The van der Waals surface area contributed by atoms with Crippen molar-refractivity contribution >= 4 is 10.0 Å². The van der Waals surface area contributed by atoms with E-state index in [1.165, 1.54) is 11.1 Å². The Balaban J connectivity index is 1.99. The predicted molar refractivity (Wildman–Crippen MR) is 85.3 cm³/mol. The van der Waals surface area contributed by atoms with Crippen molar-refractivity contribution in [1.29, 1.82) is 5.26 Å². The molecule has 22 heavy (non-hydrogen) atoms. The maximum atomic E-state index is 11.9. The van der Waals surface area contributed by atoms with Gasteiger partial charge in [0.2, 0.25) is 10.0 Å². The van der Waals surface area contributed by atoms with E-state index in [0.717, 1.165) is 25.0 Å². The number of unbranched alkanes of at least 4 members (excludes halogenated alkanes) is 1. The number of nitrogens with one attached hydrogen (secondary N) is 1. The van der Waals surface area contributed by atoms with Crippen LogP contribution in [0.2, 0.25) is 0 Å². The van der Waals surface area contributed by atoms with Crippen molar-refractivity contribution < 1.29 is 13.2 Å². The minimum atomic E-state index is -3.29. The van der Waals surface area contributed by atoms with E-state index >= 15 is 0 Å². The lowest BCUT2D eigenvalue weighted by molar-refractivity contribution is 0.412. The Morgan fingerprint density at radius 3 is 3.00 bits per heavy atom. The molecule has 0 saturated carbocycles. The molecular formula is C16H22N2O3S. The molecule has 6 heteroatoms. The Labute approximate surface area is 132 Å². The summed E-state index contributed by atoms with van der Waals surface area (Å²) in [6.45, 7) is 0.425. The molecule has 1 aliphatic carbocycles. The van der Waals surface area contributed by atoms with Gasteiger partial charge in [0.05, 0.1) is 18.9 Å². The zero-order chi connectivity index (χ0) is 16.0. The topological polar surface area (TPSA) is 79.2 Å². The second-order valence-electron chi connectivity index (χ2n) is 5.58. The number of methoxy groups -OCH3 is 1. The number of nitrogens with zero attached hydrogens (tertiary/aromatic N) is 1. The summed E-state index contributed by atoms with van der Waals surface area (Å²) in [5.74, 6) is 1.07. The Kier molecular flexibility index (Phi) is 5.81. The van der Waals surface area contributed by atoms with Gasteiger partial charge in [-0.25, -0.2) is 13.1 Å². The third-order valence-electron chi connectivity index (χ3n) is 4.04. The maximum Gasteiger partial charge on any atom is 0.211 e. The summed E-state index contributed by atoms with van der Waals surface area (Å²) in [6.07, 6.45) is 3.70. The van der Waals surface area contributed by atoms with E-state index in [1.807, 2.05) is 24.3 Å². The highest BCUT2D eigenvalue weighted by atomic mass is 32.2. The van der Waals surface area contributed by atoms with Gasteiger partial charge < -0.3 is 4.74 Å². The zero-order valence-corrected chi connectivity index (χ0v) is 13.7. The molecular weight excluding hydrogens is 300 g/mol. The Bertz CT molecular complexity index is 650. The first kappa shape index (κ1) is 16.8. The number of ether oxygens (including phenoxy) is 1. The molecule has 120 valence electrons. The maximum absolute atomic E-state index is 11.9. The second kappa shape index (κ2) is 7.61. The van der Waals surface area contributed by atoms with Crippen LogP contribution in [0.4, 0.5) is 0 Å². The lowest BCUT2D eigenvalue weighted by atomic mass is 9.83. The van der Waals surface area contributed by atoms with Crippen molar-refractivity contribution in [2.45, 2.75) is 38.0 Å². The fourth-order valence-electron chi connectivity index (χ4n) is 2.87. The predicted octanol–water partition coefficient (Wildman–Crippen LogP) is 2.34. The Morgan fingerprint density at radius 1 is 1.45 bits per heavy atom. The molecule has 5 nitrogen and oxygen atoms in total. The number of hydrogen-bond acceptors (Lipinski definition) is 4. The van der Waals surface area contributed by atoms with E-state index in [-0.39, 0.29) is 18.1 Å². The van der Waals surface area contributed by atoms with E-state index in [9.17, 15) is 8.42 Å². The molecule has 1 aromatic rings. The summed E-state index contributed by atoms with van der Waals surface area (Å²) in [6, 6.07) is 7.98. The van der Waals surface area contributed by atoms with Crippen LogP contribution >= 0.6 is 0 Å². The quantitative estimate of drug-likeness (QED) is 0.781. The van der Waals surface area contributed by atoms with Crippen LogP contribution in [0.25, 0.3) is 0 Å². The first-order valence-corrected chi connectivity index (χ1v) is 9.22. The standard InChI is InChI=1S/C16H22N2O3S/c1-21-15-7-8-16-13(11-15)5-4-6-14(16)12-18-22(19,20)10-3-2-9-17/h7-8,11,14,18H,2-6,10,12H2,1H3/t14-/m1/s1. The molecule has 0 fully saturated rings. The average molecular weight is 322 g/mol. The van der Waals surface area contributed by atoms with Gasteiger partial charge in [0.15, 0.2) is 0 Å². The van der Waals surface area contributed by atoms with E-state index in [0.29, 0.717) is 13.0 Å². The molecule has 0 spiro atoms. The molecule has 0 bridgehead atoms. The van der Waals surface area contributed by atoms with E-state index < -0.39 is 10.0 Å². The Morgan fingerprint density at radius 2 is 2.27 bits per heavy atom. The van der Waals surface area contributed by atoms with Crippen molar-refractivity contribution in [2.75, 3.05) is 19.4 Å². The summed E-state index contributed by atoms with van der Waals surface area (Å²) < 4.78 is 31.8. The summed E-state index contributed by atoms with van der Waals surface area (Å²) in [4.78, 5) is 0. The first-order valence-electron chi connectivity index (χ1n) is 7.57. The fraction of sp³-hybridized carbons (Fsp3) is 0.562.